The van der Waals surface area contributed by atoms with Crippen molar-refractivity contribution in [3.05, 3.63) is 65.7 Å². The first-order valence-corrected chi connectivity index (χ1v) is 7.63. The first-order valence-electron chi connectivity index (χ1n) is 7.63. The Kier molecular flexibility index (Phi) is 4.93. The zero-order valence-electron chi connectivity index (χ0n) is 13.1. The molecule has 3 aromatic rings. The molecule has 2 aromatic carbocycles. The Morgan fingerprint density at radius 3 is 2.50 bits per heavy atom. The van der Waals surface area contributed by atoms with Gasteiger partial charge in [0, 0.05) is 12.1 Å². The minimum absolute atomic E-state index is 0.0206. The second-order valence-corrected chi connectivity index (χ2v) is 5.26. The van der Waals surface area contributed by atoms with E-state index in [9.17, 15) is 4.79 Å². The van der Waals surface area contributed by atoms with Crippen molar-refractivity contribution < 1.29 is 4.79 Å². The number of rotatable bonds is 6. The summed E-state index contributed by atoms with van der Waals surface area (Å²) >= 11 is 0. The lowest BCUT2D eigenvalue weighted by Gasteiger charge is -2.09. The largest absolute Gasteiger partial charge is 0.351 e. The standard InChI is InChI=1S/C17H18N6O/c18-10-16(24)19-11-14-8-4-5-9-15(14)12-23-21-17(20-22-23)13-6-2-1-3-7-13/h1-9H,10-12,18H2,(H,19,24). The monoisotopic (exact) mass is 322 g/mol. The molecule has 7 heteroatoms. The second-order valence-electron chi connectivity index (χ2n) is 5.26. The maximum Gasteiger partial charge on any atom is 0.234 e. The zero-order chi connectivity index (χ0) is 16.8. The third kappa shape index (κ3) is 3.82. The summed E-state index contributed by atoms with van der Waals surface area (Å²) in [6.07, 6.45) is 0. The van der Waals surface area contributed by atoms with Crippen LogP contribution in [-0.4, -0.2) is 32.7 Å². The molecule has 24 heavy (non-hydrogen) atoms. The lowest BCUT2D eigenvalue weighted by atomic mass is 10.1. The molecule has 7 nitrogen and oxygen atoms in total. The number of nitrogens with one attached hydrogen (secondary N) is 1. The molecule has 0 spiro atoms. The molecule has 0 aliphatic carbocycles. The fourth-order valence-electron chi connectivity index (χ4n) is 2.32. The van der Waals surface area contributed by atoms with Gasteiger partial charge in [-0.3, -0.25) is 4.79 Å². The van der Waals surface area contributed by atoms with Gasteiger partial charge in [-0.05, 0) is 16.3 Å². The van der Waals surface area contributed by atoms with Gasteiger partial charge in [-0.15, -0.1) is 10.2 Å². The average Bonchev–Trinajstić information content (AvgIpc) is 3.10. The van der Waals surface area contributed by atoms with E-state index in [2.05, 4.69) is 20.7 Å². The highest BCUT2D eigenvalue weighted by molar-refractivity contribution is 5.77. The van der Waals surface area contributed by atoms with Crippen LogP contribution in [0.15, 0.2) is 54.6 Å². The third-order valence-electron chi connectivity index (χ3n) is 3.58. The molecule has 0 radical (unpaired) electrons. The summed E-state index contributed by atoms with van der Waals surface area (Å²) in [7, 11) is 0. The van der Waals surface area contributed by atoms with E-state index in [1.54, 1.807) is 4.80 Å². The first kappa shape index (κ1) is 15.8. The number of nitrogens with zero attached hydrogens (tertiary/aromatic N) is 4. The number of amides is 1. The van der Waals surface area contributed by atoms with Crippen molar-refractivity contribution in [1.82, 2.24) is 25.5 Å². The number of carbonyl (C=O) groups is 1. The van der Waals surface area contributed by atoms with Gasteiger partial charge in [-0.2, -0.15) is 4.80 Å². The van der Waals surface area contributed by atoms with E-state index in [0.717, 1.165) is 16.7 Å². The highest BCUT2D eigenvalue weighted by atomic mass is 16.1. The molecule has 0 unspecified atom stereocenters. The Morgan fingerprint density at radius 1 is 1.04 bits per heavy atom. The van der Waals surface area contributed by atoms with Crippen LogP contribution in [-0.2, 0) is 17.9 Å². The molecule has 0 bridgehead atoms. The maximum absolute atomic E-state index is 11.3. The lowest BCUT2D eigenvalue weighted by Crippen LogP contribution is -2.30. The van der Waals surface area contributed by atoms with E-state index >= 15 is 0 Å². The number of benzene rings is 2. The predicted molar refractivity (Wildman–Crippen MR) is 89.7 cm³/mol. The number of tetrazole rings is 1. The highest BCUT2D eigenvalue weighted by Crippen LogP contribution is 2.14. The Balaban J connectivity index is 1.75. The number of hydrogen-bond acceptors (Lipinski definition) is 5. The van der Waals surface area contributed by atoms with Crippen LogP contribution in [0.2, 0.25) is 0 Å². The fourth-order valence-corrected chi connectivity index (χ4v) is 2.32. The molecule has 0 fully saturated rings. The van der Waals surface area contributed by atoms with E-state index in [4.69, 9.17) is 5.73 Å². The Bertz CT molecular complexity index is 815. The SMILES string of the molecule is NCC(=O)NCc1ccccc1Cn1nnc(-c2ccccc2)n1. The van der Waals surface area contributed by atoms with Crippen LogP contribution >= 0.6 is 0 Å². The van der Waals surface area contributed by atoms with Crippen molar-refractivity contribution in [2.24, 2.45) is 5.73 Å². The molecule has 0 aliphatic rings. The number of aromatic nitrogens is 4. The Labute approximate surface area is 139 Å². The van der Waals surface area contributed by atoms with Crippen LogP contribution in [0.5, 0.6) is 0 Å². The quantitative estimate of drug-likeness (QED) is 0.704. The summed E-state index contributed by atoms with van der Waals surface area (Å²) in [5.74, 6) is 0.402. The van der Waals surface area contributed by atoms with Crippen molar-refractivity contribution >= 4 is 5.91 Å². The van der Waals surface area contributed by atoms with Crippen LogP contribution in [0.4, 0.5) is 0 Å². The Morgan fingerprint density at radius 2 is 1.75 bits per heavy atom. The van der Waals surface area contributed by atoms with Gasteiger partial charge in [0.1, 0.15) is 0 Å². The van der Waals surface area contributed by atoms with Crippen molar-refractivity contribution in [1.29, 1.82) is 0 Å². The summed E-state index contributed by atoms with van der Waals surface area (Å²) in [6.45, 7) is 0.883. The van der Waals surface area contributed by atoms with Gasteiger partial charge in [-0.25, -0.2) is 0 Å². The molecular weight excluding hydrogens is 304 g/mol. The van der Waals surface area contributed by atoms with E-state index in [-0.39, 0.29) is 12.5 Å². The van der Waals surface area contributed by atoms with E-state index < -0.39 is 0 Å². The van der Waals surface area contributed by atoms with Gasteiger partial charge in [0.25, 0.3) is 0 Å². The summed E-state index contributed by atoms with van der Waals surface area (Å²) in [5, 5.41) is 15.4. The molecule has 1 aromatic heterocycles. The third-order valence-corrected chi connectivity index (χ3v) is 3.58. The van der Waals surface area contributed by atoms with Crippen LogP contribution < -0.4 is 11.1 Å². The Hall–Kier alpha value is -3.06. The molecule has 122 valence electrons. The zero-order valence-corrected chi connectivity index (χ0v) is 13.1. The lowest BCUT2D eigenvalue weighted by molar-refractivity contribution is -0.119. The molecule has 1 amide bonds. The van der Waals surface area contributed by atoms with Crippen molar-refractivity contribution in [3.63, 3.8) is 0 Å². The highest BCUT2D eigenvalue weighted by Gasteiger charge is 2.08. The van der Waals surface area contributed by atoms with Crippen molar-refractivity contribution in [2.45, 2.75) is 13.1 Å². The summed E-state index contributed by atoms with van der Waals surface area (Å²) in [6, 6.07) is 17.5. The summed E-state index contributed by atoms with van der Waals surface area (Å²) < 4.78 is 0. The van der Waals surface area contributed by atoms with Gasteiger partial charge in [-0.1, -0.05) is 54.6 Å². The second kappa shape index (κ2) is 7.47. The maximum atomic E-state index is 11.3. The fraction of sp³-hybridized carbons (Fsp3) is 0.176. The molecular formula is C17H18N6O. The average molecular weight is 322 g/mol. The smallest absolute Gasteiger partial charge is 0.234 e. The molecule has 0 saturated carbocycles. The minimum Gasteiger partial charge on any atom is -0.351 e. The minimum atomic E-state index is -0.185. The van der Waals surface area contributed by atoms with E-state index in [1.807, 2.05) is 54.6 Å². The molecule has 0 saturated heterocycles. The topological polar surface area (TPSA) is 98.7 Å². The van der Waals surface area contributed by atoms with Gasteiger partial charge in [0.05, 0.1) is 13.1 Å². The van der Waals surface area contributed by atoms with Crippen molar-refractivity contribution in [3.8, 4) is 11.4 Å². The molecule has 3 rings (SSSR count). The van der Waals surface area contributed by atoms with Gasteiger partial charge < -0.3 is 11.1 Å². The normalized spacial score (nSPS) is 10.5. The molecule has 0 atom stereocenters. The predicted octanol–water partition coefficient (Wildman–Crippen LogP) is 0.963. The number of carbonyl (C=O) groups excluding carboxylic acids is 1. The summed E-state index contributed by atoms with van der Waals surface area (Å²) in [4.78, 5) is 12.9. The van der Waals surface area contributed by atoms with Gasteiger partial charge >= 0.3 is 0 Å². The van der Waals surface area contributed by atoms with Crippen LogP contribution in [0.3, 0.4) is 0 Å². The van der Waals surface area contributed by atoms with Gasteiger partial charge in [0.15, 0.2) is 0 Å². The van der Waals surface area contributed by atoms with E-state index in [0.29, 0.717) is 18.9 Å². The van der Waals surface area contributed by atoms with Crippen LogP contribution in [0, 0.1) is 0 Å². The van der Waals surface area contributed by atoms with Crippen molar-refractivity contribution in [2.75, 3.05) is 6.54 Å². The van der Waals surface area contributed by atoms with E-state index in [1.165, 1.54) is 0 Å². The molecule has 1 heterocycles. The molecule has 3 N–H and O–H groups in total. The van der Waals surface area contributed by atoms with Crippen LogP contribution in [0.25, 0.3) is 11.4 Å². The summed E-state index contributed by atoms with van der Waals surface area (Å²) in [5.41, 5.74) is 8.25. The first-order chi connectivity index (χ1) is 11.8. The van der Waals surface area contributed by atoms with Gasteiger partial charge in [0.2, 0.25) is 11.7 Å². The number of nitrogens with two attached hydrogens (primary N) is 1. The van der Waals surface area contributed by atoms with Crippen LogP contribution in [0.1, 0.15) is 11.1 Å². The molecule has 0 aliphatic heterocycles. The number of hydrogen-bond donors (Lipinski definition) is 2.